The normalized spacial score (nSPS) is 12.1. The van der Waals surface area contributed by atoms with Crippen molar-refractivity contribution in [3.63, 3.8) is 0 Å². The van der Waals surface area contributed by atoms with Crippen molar-refractivity contribution < 1.29 is 13.3 Å². The highest BCUT2D eigenvalue weighted by Gasteiger charge is 2.21. The van der Waals surface area contributed by atoms with E-state index in [1.165, 1.54) is 18.5 Å². The molecule has 0 unspecified atom stereocenters. The number of hydrogen-bond donors (Lipinski definition) is 3. The van der Waals surface area contributed by atoms with E-state index in [0.29, 0.717) is 18.4 Å². The summed E-state index contributed by atoms with van der Waals surface area (Å²) in [6.45, 7) is 5.81. The SMILES string of the molecule is CCNc1ccncc1S(=O)(=O)N/C(=C/[N+](=O)[O-])NC(C)C. The molecule has 0 aliphatic heterocycles. The van der Waals surface area contributed by atoms with Gasteiger partial charge in [-0.3, -0.25) is 19.8 Å². The van der Waals surface area contributed by atoms with Crippen LogP contribution in [0.3, 0.4) is 0 Å². The molecule has 0 saturated heterocycles. The standard InChI is InChI=1S/C12H19N5O4S/c1-4-14-10-5-6-13-7-11(10)22(20,21)16-12(8-17(18)19)15-9(2)3/h5-9,15-16H,4H2,1-3H3,(H,13,14)/b12-8+. The molecule has 0 amide bonds. The monoisotopic (exact) mass is 329 g/mol. The molecule has 1 rings (SSSR count). The van der Waals surface area contributed by atoms with Crippen LogP contribution in [0.15, 0.2) is 35.4 Å². The Morgan fingerprint density at radius 3 is 2.73 bits per heavy atom. The van der Waals surface area contributed by atoms with Crippen LogP contribution in [0.25, 0.3) is 0 Å². The summed E-state index contributed by atoms with van der Waals surface area (Å²) in [6, 6.07) is 1.33. The Labute approximate surface area is 129 Å². The molecular weight excluding hydrogens is 310 g/mol. The molecule has 1 aromatic rings. The third kappa shape index (κ3) is 5.20. The first-order valence-corrected chi connectivity index (χ1v) is 8.07. The van der Waals surface area contributed by atoms with Crippen molar-refractivity contribution in [3.05, 3.63) is 40.6 Å². The lowest BCUT2D eigenvalue weighted by Gasteiger charge is -2.16. The molecule has 0 aliphatic carbocycles. The molecule has 22 heavy (non-hydrogen) atoms. The average molecular weight is 329 g/mol. The predicted molar refractivity (Wildman–Crippen MR) is 82.1 cm³/mol. The minimum absolute atomic E-state index is 0.0864. The van der Waals surface area contributed by atoms with E-state index >= 15 is 0 Å². The zero-order valence-electron chi connectivity index (χ0n) is 12.5. The quantitative estimate of drug-likeness (QED) is 0.477. The summed E-state index contributed by atoms with van der Waals surface area (Å²) in [5, 5.41) is 16.2. The molecule has 0 fully saturated rings. The van der Waals surface area contributed by atoms with Gasteiger partial charge in [0.2, 0.25) is 0 Å². The molecule has 3 N–H and O–H groups in total. The Morgan fingerprint density at radius 2 is 2.18 bits per heavy atom. The molecule has 0 saturated carbocycles. The molecule has 0 spiro atoms. The van der Waals surface area contributed by atoms with Gasteiger partial charge in [-0.05, 0) is 26.8 Å². The first-order valence-electron chi connectivity index (χ1n) is 6.58. The van der Waals surface area contributed by atoms with Crippen molar-refractivity contribution >= 4 is 15.7 Å². The number of nitrogens with zero attached hydrogens (tertiary/aromatic N) is 2. The summed E-state index contributed by atoms with van der Waals surface area (Å²) >= 11 is 0. The minimum Gasteiger partial charge on any atom is -0.384 e. The van der Waals surface area contributed by atoms with Crippen molar-refractivity contribution in [2.24, 2.45) is 0 Å². The second kappa shape index (κ2) is 7.59. The van der Waals surface area contributed by atoms with Gasteiger partial charge in [0.1, 0.15) is 4.90 Å². The van der Waals surface area contributed by atoms with Gasteiger partial charge in [-0.25, -0.2) is 8.42 Å². The molecule has 0 atom stereocenters. The van der Waals surface area contributed by atoms with E-state index in [9.17, 15) is 18.5 Å². The molecule has 1 aromatic heterocycles. The number of aromatic nitrogens is 1. The maximum absolute atomic E-state index is 12.4. The number of nitrogens with one attached hydrogen (secondary N) is 3. The van der Waals surface area contributed by atoms with Gasteiger partial charge in [0.25, 0.3) is 16.2 Å². The van der Waals surface area contributed by atoms with Crippen molar-refractivity contribution in [1.29, 1.82) is 0 Å². The second-order valence-electron chi connectivity index (χ2n) is 4.63. The number of pyridine rings is 1. The fraction of sp³-hybridized carbons (Fsp3) is 0.417. The maximum Gasteiger partial charge on any atom is 0.275 e. The van der Waals surface area contributed by atoms with Crippen LogP contribution in [0.4, 0.5) is 5.69 Å². The van der Waals surface area contributed by atoms with E-state index in [0.717, 1.165) is 0 Å². The highest BCUT2D eigenvalue weighted by atomic mass is 32.2. The number of rotatable bonds is 8. The van der Waals surface area contributed by atoms with Crippen LogP contribution in [0.5, 0.6) is 0 Å². The topological polar surface area (TPSA) is 126 Å². The largest absolute Gasteiger partial charge is 0.384 e. The maximum atomic E-state index is 12.4. The third-order valence-corrected chi connectivity index (χ3v) is 3.76. The van der Waals surface area contributed by atoms with Crippen molar-refractivity contribution in [3.8, 4) is 0 Å². The summed E-state index contributed by atoms with van der Waals surface area (Å²) in [6.07, 6.45) is 3.21. The average Bonchev–Trinajstić information content (AvgIpc) is 2.37. The molecule has 10 heteroatoms. The summed E-state index contributed by atoms with van der Waals surface area (Å²) in [7, 11) is -4.01. The highest BCUT2D eigenvalue weighted by molar-refractivity contribution is 7.89. The van der Waals surface area contributed by atoms with E-state index in [1.54, 1.807) is 13.8 Å². The summed E-state index contributed by atoms with van der Waals surface area (Å²) in [4.78, 5) is 13.6. The Morgan fingerprint density at radius 1 is 1.50 bits per heavy atom. The lowest BCUT2D eigenvalue weighted by Crippen LogP contribution is -2.35. The van der Waals surface area contributed by atoms with E-state index in [-0.39, 0.29) is 16.8 Å². The van der Waals surface area contributed by atoms with Crippen LogP contribution in [0.1, 0.15) is 20.8 Å². The van der Waals surface area contributed by atoms with E-state index in [4.69, 9.17) is 0 Å². The fourth-order valence-corrected chi connectivity index (χ4v) is 2.78. The third-order valence-electron chi connectivity index (χ3n) is 2.36. The van der Waals surface area contributed by atoms with Gasteiger partial charge in [-0.1, -0.05) is 0 Å². The molecule has 122 valence electrons. The first kappa shape index (κ1) is 17.7. The summed E-state index contributed by atoms with van der Waals surface area (Å²) in [5.74, 6) is -0.216. The molecule has 9 nitrogen and oxygen atoms in total. The molecule has 1 heterocycles. The van der Waals surface area contributed by atoms with Crippen LogP contribution in [0.2, 0.25) is 0 Å². The van der Waals surface area contributed by atoms with Crippen molar-refractivity contribution in [2.75, 3.05) is 11.9 Å². The smallest absolute Gasteiger partial charge is 0.275 e. The fourth-order valence-electron chi connectivity index (χ4n) is 1.64. The van der Waals surface area contributed by atoms with Crippen LogP contribution in [0, 0.1) is 10.1 Å². The number of sulfonamides is 1. The Hall–Kier alpha value is -2.36. The van der Waals surface area contributed by atoms with E-state index in [2.05, 4.69) is 20.3 Å². The van der Waals surface area contributed by atoms with Crippen molar-refractivity contribution in [1.82, 2.24) is 15.0 Å². The van der Waals surface area contributed by atoms with Gasteiger partial charge < -0.3 is 10.6 Å². The molecule has 0 aliphatic rings. The lowest BCUT2D eigenvalue weighted by molar-refractivity contribution is -0.404. The summed E-state index contributed by atoms with van der Waals surface area (Å²) < 4.78 is 27.0. The minimum atomic E-state index is -4.01. The van der Waals surface area contributed by atoms with E-state index in [1.807, 2.05) is 6.92 Å². The summed E-state index contributed by atoms with van der Waals surface area (Å²) in [5.41, 5.74) is 0.370. The first-order chi connectivity index (χ1) is 10.3. The molecule has 0 aromatic carbocycles. The van der Waals surface area contributed by atoms with E-state index < -0.39 is 14.9 Å². The van der Waals surface area contributed by atoms with Crippen molar-refractivity contribution in [2.45, 2.75) is 31.7 Å². The second-order valence-corrected chi connectivity index (χ2v) is 6.29. The lowest BCUT2D eigenvalue weighted by atomic mass is 10.4. The van der Waals surface area contributed by atoms with Gasteiger partial charge >= 0.3 is 0 Å². The molecule has 0 radical (unpaired) electrons. The number of anilines is 1. The predicted octanol–water partition coefficient (Wildman–Crippen LogP) is 0.865. The van der Waals surface area contributed by atoms with Crippen LogP contribution in [-0.4, -0.2) is 30.9 Å². The van der Waals surface area contributed by atoms with Gasteiger partial charge in [0.05, 0.1) is 10.6 Å². The van der Waals surface area contributed by atoms with Gasteiger partial charge in [-0.15, -0.1) is 0 Å². The number of nitro groups is 1. The highest BCUT2D eigenvalue weighted by Crippen LogP contribution is 2.19. The zero-order valence-corrected chi connectivity index (χ0v) is 13.3. The van der Waals surface area contributed by atoms with Gasteiger partial charge in [0.15, 0.2) is 5.82 Å². The zero-order chi connectivity index (χ0) is 16.8. The van der Waals surface area contributed by atoms with Gasteiger partial charge in [-0.2, -0.15) is 0 Å². The Kier molecular flexibility index (Phi) is 6.11. The molecule has 0 bridgehead atoms. The van der Waals surface area contributed by atoms with Gasteiger partial charge in [0, 0.05) is 25.0 Å². The molecular formula is C12H19N5O4S. The Balaban J connectivity index is 3.15. The van der Waals surface area contributed by atoms with Crippen LogP contribution in [-0.2, 0) is 10.0 Å². The van der Waals surface area contributed by atoms with Crippen LogP contribution >= 0.6 is 0 Å². The Bertz CT molecular complexity index is 657. The van der Waals surface area contributed by atoms with Crippen LogP contribution < -0.4 is 15.4 Å². The number of hydrogen-bond acceptors (Lipinski definition) is 7.